The van der Waals surface area contributed by atoms with Crippen molar-refractivity contribution in [3.63, 3.8) is 0 Å². The molecule has 108 valence electrons. The molecule has 0 aliphatic rings. The van der Waals surface area contributed by atoms with Gasteiger partial charge in [-0.05, 0) is 31.6 Å². The summed E-state index contributed by atoms with van der Waals surface area (Å²) >= 11 is 0. The van der Waals surface area contributed by atoms with Crippen LogP contribution in [-0.4, -0.2) is 41.7 Å². The maximum absolute atomic E-state index is 11.9. The van der Waals surface area contributed by atoms with Crippen molar-refractivity contribution < 1.29 is 14.3 Å². The average molecular weight is 268 g/mol. The summed E-state index contributed by atoms with van der Waals surface area (Å²) in [7, 11) is 0. The highest BCUT2D eigenvalue weighted by molar-refractivity contribution is 5.91. The quantitative estimate of drug-likeness (QED) is 0.752. The van der Waals surface area contributed by atoms with E-state index in [1.807, 2.05) is 13.0 Å². The van der Waals surface area contributed by atoms with Crippen LogP contribution in [0.1, 0.15) is 43.5 Å². The number of rotatable bonds is 8. The Bertz CT molecular complexity index is 382. The maximum atomic E-state index is 11.9. The predicted molar refractivity (Wildman–Crippen MR) is 74.0 cm³/mol. The molecule has 0 saturated heterocycles. The number of nitrogens with one attached hydrogen (secondary N) is 1. The van der Waals surface area contributed by atoms with E-state index in [9.17, 15) is 4.79 Å². The molecule has 0 aliphatic carbocycles. The molecule has 5 nitrogen and oxygen atoms in total. The van der Waals surface area contributed by atoms with Crippen LogP contribution >= 0.6 is 0 Å². The number of aliphatic hydroxyl groups is 1. The number of furan rings is 1. The van der Waals surface area contributed by atoms with E-state index in [-0.39, 0.29) is 18.6 Å². The molecule has 0 radical (unpaired) electrons. The van der Waals surface area contributed by atoms with Crippen LogP contribution in [0.25, 0.3) is 0 Å². The second-order valence-electron chi connectivity index (χ2n) is 4.49. The fraction of sp³-hybridized carbons (Fsp3) is 0.643. The Morgan fingerprint density at radius 1 is 1.37 bits per heavy atom. The number of aliphatic hydroxyl groups excluding tert-OH is 1. The number of carbonyl (C=O) groups excluding carboxylic acids is 1. The van der Waals surface area contributed by atoms with Gasteiger partial charge in [-0.25, -0.2) is 0 Å². The average Bonchev–Trinajstić information content (AvgIpc) is 2.90. The van der Waals surface area contributed by atoms with Gasteiger partial charge in [0, 0.05) is 0 Å². The third-order valence-corrected chi connectivity index (χ3v) is 3.21. The zero-order chi connectivity index (χ0) is 14.3. The lowest BCUT2D eigenvalue weighted by atomic mass is 10.2. The second-order valence-corrected chi connectivity index (χ2v) is 4.49. The van der Waals surface area contributed by atoms with Crippen molar-refractivity contribution in [1.29, 1.82) is 0 Å². The van der Waals surface area contributed by atoms with Crippen LogP contribution < -0.4 is 5.32 Å². The molecule has 0 aliphatic heterocycles. The molecule has 1 unspecified atom stereocenters. The molecule has 1 atom stereocenters. The normalized spacial score (nSPS) is 12.7. The van der Waals surface area contributed by atoms with Gasteiger partial charge in [-0.3, -0.25) is 9.69 Å². The van der Waals surface area contributed by atoms with Crippen LogP contribution in [0.3, 0.4) is 0 Å². The third-order valence-electron chi connectivity index (χ3n) is 3.21. The molecule has 1 aromatic rings. The zero-order valence-corrected chi connectivity index (χ0v) is 12.0. The Hall–Kier alpha value is -1.33. The number of carbonyl (C=O) groups is 1. The molecule has 0 fully saturated rings. The molecule has 1 heterocycles. The van der Waals surface area contributed by atoms with E-state index in [1.54, 1.807) is 6.07 Å². The standard InChI is InChI=1S/C14H24N2O3/c1-4-11(10-17)15-14(18)13-8-7-12(19-13)9-16(5-2)6-3/h7-8,11,17H,4-6,9-10H2,1-3H3,(H,15,18). The van der Waals surface area contributed by atoms with Crippen LogP contribution in [0.15, 0.2) is 16.5 Å². The first-order valence-electron chi connectivity index (χ1n) is 6.87. The number of nitrogens with zero attached hydrogens (tertiary/aromatic N) is 1. The topological polar surface area (TPSA) is 65.7 Å². The summed E-state index contributed by atoms with van der Waals surface area (Å²) in [5.74, 6) is 0.812. The molecule has 5 heteroatoms. The van der Waals surface area contributed by atoms with E-state index >= 15 is 0 Å². The first-order valence-corrected chi connectivity index (χ1v) is 6.87. The molecule has 0 bridgehead atoms. The Kier molecular flexibility index (Phi) is 6.59. The van der Waals surface area contributed by atoms with Crippen LogP contribution in [0, 0.1) is 0 Å². The Labute approximate surface area is 114 Å². The molecule has 0 aromatic carbocycles. The van der Waals surface area contributed by atoms with Crippen LogP contribution in [0.5, 0.6) is 0 Å². The SMILES string of the molecule is CCC(CO)NC(=O)c1ccc(CN(CC)CC)o1. The van der Waals surface area contributed by atoms with Crippen molar-refractivity contribution in [1.82, 2.24) is 10.2 Å². The molecule has 1 rings (SSSR count). The van der Waals surface area contributed by atoms with E-state index in [0.29, 0.717) is 18.7 Å². The summed E-state index contributed by atoms with van der Waals surface area (Å²) in [5.41, 5.74) is 0. The maximum Gasteiger partial charge on any atom is 0.287 e. The molecule has 19 heavy (non-hydrogen) atoms. The lowest BCUT2D eigenvalue weighted by Crippen LogP contribution is -2.36. The molecular formula is C14H24N2O3. The van der Waals surface area contributed by atoms with E-state index in [0.717, 1.165) is 18.8 Å². The van der Waals surface area contributed by atoms with Gasteiger partial charge < -0.3 is 14.8 Å². The number of hydrogen-bond donors (Lipinski definition) is 2. The highest BCUT2D eigenvalue weighted by Crippen LogP contribution is 2.11. The smallest absolute Gasteiger partial charge is 0.287 e. The van der Waals surface area contributed by atoms with E-state index < -0.39 is 0 Å². The highest BCUT2D eigenvalue weighted by Gasteiger charge is 2.15. The first kappa shape index (κ1) is 15.7. The summed E-state index contributed by atoms with van der Waals surface area (Å²) in [6.45, 7) is 8.63. The molecule has 2 N–H and O–H groups in total. The zero-order valence-electron chi connectivity index (χ0n) is 12.0. The summed E-state index contributed by atoms with van der Waals surface area (Å²) in [6.07, 6.45) is 0.690. The Morgan fingerprint density at radius 3 is 2.58 bits per heavy atom. The van der Waals surface area contributed by atoms with Crippen molar-refractivity contribution in [2.24, 2.45) is 0 Å². The molecule has 0 spiro atoms. The monoisotopic (exact) mass is 268 g/mol. The Morgan fingerprint density at radius 2 is 2.05 bits per heavy atom. The molecule has 0 saturated carbocycles. The minimum atomic E-state index is -0.272. The second kappa shape index (κ2) is 7.96. The van der Waals surface area contributed by atoms with Gasteiger partial charge in [0.05, 0.1) is 19.2 Å². The third kappa shape index (κ3) is 4.69. The van der Waals surface area contributed by atoms with Gasteiger partial charge in [0.2, 0.25) is 0 Å². The lowest BCUT2D eigenvalue weighted by molar-refractivity contribution is 0.0883. The van der Waals surface area contributed by atoms with Crippen molar-refractivity contribution >= 4 is 5.91 Å². The number of hydrogen-bond acceptors (Lipinski definition) is 4. The lowest BCUT2D eigenvalue weighted by Gasteiger charge is -2.16. The van der Waals surface area contributed by atoms with Crippen LogP contribution in [0.2, 0.25) is 0 Å². The van der Waals surface area contributed by atoms with Gasteiger partial charge in [-0.15, -0.1) is 0 Å². The van der Waals surface area contributed by atoms with E-state index in [2.05, 4.69) is 24.1 Å². The first-order chi connectivity index (χ1) is 9.14. The van der Waals surface area contributed by atoms with Crippen molar-refractivity contribution in [2.75, 3.05) is 19.7 Å². The van der Waals surface area contributed by atoms with Gasteiger partial charge in [-0.1, -0.05) is 20.8 Å². The molecule has 1 aromatic heterocycles. The van der Waals surface area contributed by atoms with Crippen molar-refractivity contribution in [2.45, 2.75) is 39.8 Å². The summed E-state index contributed by atoms with van der Waals surface area (Å²) in [5, 5.41) is 11.8. The van der Waals surface area contributed by atoms with Gasteiger partial charge >= 0.3 is 0 Å². The fourth-order valence-electron chi connectivity index (χ4n) is 1.79. The van der Waals surface area contributed by atoms with Gasteiger partial charge in [0.15, 0.2) is 5.76 Å². The van der Waals surface area contributed by atoms with Crippen LogP contribution in [-0.2, 0) is 6.54 Å². The largest absolute Gasteiger partial charge is 0.455 e. The minimum absolute atomic E-state index is 0.0603. The van der Waals surface area contributed by atoms with Gasteiger partial charge in [0.25, 0.3) is 5.91 Å². The summed E-state index contributed by atoms with van der Waals surface area (Å²) in [6, 6.07) is 3.29. The van der Waals surface area contributed by atoms with Crippen molar-refractivity contribution in [3.05, 3.63) is 23.7 Å². The van der Waals surface area contributed by atoms with E-state index in [1.165, 1.54) is 0 Å². The Balaban J connectivity index is 2.60. The predicted octanol–water partition coefficient (Wildman–Crippen LogP) is 1.62. The van der Waals surface area contributed by atoms with Crippen LogP contribution in [0.4, 0.5) is 0 Å². The highest BCUT2D eigenvalue weighted by atomic mass is 16.4. The minimum Gasteiger partial charge on any atom is -0.455 e. The van der Waals surface area contributed by atoms with E-state index in [4.69, 9.17) is 9.52 Å². The van der Waals surface area contributed by atoms with Crippen molar-refractivity contribution in [3.8, 4) is 0 Å². The summed E-state index contributed by atoms with van der Waals surface area (Å²) in [4.78, 5) is 14.1. The fourth-order valence-corrected chi connectivity index (χ4v) is 1.79. The van der Waals surface area contributed by atoms with Gasteiger partial charge in [0.1, 0.15) is 5.76 Å². The molecular weight excluding hydrogens is 244 g/mol. The molecule has 1 amide bonds. The number of amides is 1. The van der Waals surface area contributed by atoms with Gasteiger partial charge in [-0.2, -0.15) is 0 Å². The summed E-state index contributed by atoms with van der Waals surface area (Å²) < 4.78 is 5.53.